The maximum Gasteiger partial charge on any atom is 0.407 e. The van der Waals surface area contributed by atoms with E-state index < -0.39 is 30.1 Å². The maximum atomic E-state index is 13.3. The number of carboxylic acids is 1. The number of carboxylic acid groups (broad SMARTS) is 1. The molecule has 1 aliphatic carbocycles. The van der Waals surface area contributed by atoms with E-state index in [1.165, 1.54) is 11.8 Å². The van der Waals surface area contributed by atoms with Crippen molar-refractivity contribution < 1.29 is 24.2 Å². The van der Waals surface area contributed by atoms with Gasteiger partial charge < -0.3 is 20.1 Å². The lowest BCUT2D eigenvalue weighted by Crippen LogP contribution is -2.53. The van der Waals surface area contributed by atoms with Crippen molar-refractivity contribution in [2.24, 2.45) is 5.41 Å². The molecule has 2 N–H and O–H groups in total. The van der Waals surface area contributed by atoms with Crippen LogP contribution in [0.5, 0.6) is 0 Å². The van der Waals surface area contributed by atoms with Gasteiger partial charge in [-0.25, -0.2) is 9.59 Å². The number of fused-ring (bicyclic) bond motifs is 3. The lowest BCUT2D eigenvalue weighted by atomic mass is 9.88. The summed E-state index contributed by atoms with van der Waals surface area (Å²) in [5.41, 5.74) is 4.42. The summed E-state index contributed by atoms with van der Waals surface area (Å²) in [5, 5.41) is 12.1. The van der Waals surface area contributed by atoms with Crippen LogP contribution in [0.25, 0.3) is 11.1 Å². The summed E-state index contributed by atoms with van der Waals surface area (Å²) < 4.78 is 5.64. The van der Waals surface area contributed by atoms with Crippen molar-refractivity contribution in [1.29, 1.82) is 0 Å². The van der Waals surface area contributed by atoms with E-state index in [2.05, 4.69) is 38.2 Å². The Bertz CT molecular complexity index is 1030. The molecule has 0 fully saturated rings. The number of hydrogen-bond donors (Lipinski definition) is 2. The van der Waals surface area contributed by atoms with E-state index in [9.17, 15) is 19.5 Å². The van der Waals surface area contributed by atoms with Crippen LogP contribution in [0.2, 0.25) is 0 Å². The summed E-state index contributed by atoms with van der Waals surface area (Å²) >= 11 is 0. The largest absolute Gasteiger partial charge is 0.480 e. The fourth-order valence-electron chi connectivity index (χ4n) is 4.57. The second kappa shape index (κ2) is 10.9. The third-order valence-electron chi connectivity index (χ3n) is 6.57. The fraction of sp³-hybridized carbons (Fsp3) is 0.464. The number of nitrogens with one attached hydrogen (secondary N) is 1. The van der Waals surface area contributed by atoms with Crippen molar-refractivity contribution in [3.63, 3.8) is 0 Å². The van der Waals surface area contributed by atoms with Gasteiger partial charge in [0.25, 0.3) is 0 Å². The van der Waals surface area contributed by atoms with Crippen LogP contribution in [0.15, 0.2) is 48.5 Å². The highest BCUT2D eigenvalue weighted by atomic mass is 16.5. The van der Waals surface area contributed by atoms with Gasteiger partial charge >= 0.3 is 12.1 Å². The first kappa shape index (κ1) is 26.3. The molecule has 2 atom stereocenters. The average Bonchev–Trinajstić information content (AvgIpc) is 3.13. The second-order valence-corrected chi connectivity index (χ2v) is 10.3. The number of carbonyl (C=O) groups excluding carboxylic acids is 2. The van der Waals surface area contributed by atoms with Crippen molar-refractivity contribution in [1.82, 2.24) is 10.2 Å². The molecule has 7 heteroatoms. The van der Waals surface area contributed by atoms with Crippen LogP contribution in [-0.4, -0.2) is 53.2 Å². The fourth-order valence-corrected chi connectivity index (χ4v) is 4.57. The zero-order valence-electron chi connectivity index (χ0n) is 21.2. The Morgan fingerprint density at radius 1 is 1.03 bits per heavy atom. The molecule has 3 rings (SSSR count). The Morgan fingerprint density at radius 2 is 1.57 bits per heavy atom. The summed E-state index contributed by atoms with van der Waals surface area (Å²) in [5.74, 6) is -1.59. The van der Waals surface area contributed by atoms with Gasteiger partial charge in [0.1, 0.15) is 18.7 Å². The Morgan fingerprint density at radius 3 is 2.06 bits per heavy atom. The molecule has 0 aromatic heterocycles. The summed E-state index contributed by atoms with van der Waals surface area (Å²) in [7, 11) is 0. The molecule has 0 radical (unpaired) electrons. The van der Waals surface area contributed by atoms with Gasteiger partial charge in [0.15, 0.2) is 0 Å². The number of alkyl carbamates (subject to hydrolysis) is 1. The van der Waals surface area contributed by atoms with Crippen molar-refractivity contribution in [2.45, 2.75) is 65.5 Å². The van der Waals surface area contributed by atoms with Crippen LogP contribution < -0.4 is 5.32 Å². The Balaban J connectivity index is 1.73. The molecule has 2 aromatic carbocycles. The van der Waals surface area contributed by atoms with Crippen molar-refractivity contribution >= 4 is 18.0 Å². The SMILES string of the molecule is CCN(C(=O)C(CCC(C)(C)C)NC(=O)OCC1c2ccccc2-c2ccccc21)C(C)C(=O)O. The van der Waals surface area contributed by atoms with E-state index in [-0.39, 0.29) is 24.5 Å². The summed E-state index contributed by atoms with van der Waals surface area (Å²) in [6.45, 7) is 9.73. The predicted molar refractivity (Wildman–Crippen MR) is 135 cm³/mol. The number of nitrogens with zero attached hydrogens (tertiary/aromatic N) is 1. The van der Waals surface area contributed by atoms with E-state index in [0.29, 0.717) is 12.8 Å². The third kappa shape index (κ3) is 6.21. The highest BCUT2D eigenvalue weighted by Crippen LogP contribution is 2.44. The topological polar surface area (TPSA) is 95.9 Å². The second-order valence-electron chi connectivity index (χ2n) is 10.3. The summed E-state index contributed by atoms with van der Waals surface area (Å²) in [4.78, 5) is 38.9. The van der Waals surface area contributed by atoms with Crippen LogP contribution in [0.3, 0.4) is 0 Å². The highest BCUT2D eigenvalue weighted by Gasteiger charge is 2.33. The molecule has 0 spiro atoms. The molecule has 7 nitrogen and oxygen atoms in total. The number of ether oxygens (including phenoxy) is 1. The third-order valence-corrected chi connectivity index (χ3v) is 6.57. The van der Waals surface area contributed by atoms with Crippen LogP contribution >= 0.6 is 0 Å². The van der Waals surface area contributed by atoms with E-state index in [0.717, 1.165) is 22.3 Å². The zero-order chi connectivity index (χ0) is 25.8. The van der Waals surface area contributed by atoms with Crippen molar-refractivity contribution in [3.8, 4) is 11.1 Å². The van der Waals surface area contributed by atoms with Crippen LogP contribution in [-0.2, 0) is 14.3 Å². The van der Waals surface area contributed by atoms with Gasteiger partial charge in [-0.15, -0.1) is 0 Å². The van der Waals surface area contributed by atoms with Crippen LogP contribution in [0, 0.1) is 5.41 Å². The number of amides is 2. The number of hydrogen-bond acceptors (Lipinski definition) is 4. The Hall–Kier alpha value is -3.35. The minimum absolute atomic E-state index is 0.0587. The van der Waals surface area contributed by atoms with Gasteiger partial charge in [0, 0.05) is 12.5 Å². The molecule has 2 amide bonds. The smallest absolute Gasteiger partial charge is 0.407 e. The number of rotatable bonds is 9. The van der Waals surface area contributed by atoms with Crippen LogP contribution in [0.1, 0.15) is 64.5 Å². The summed E-state index contributed by atoms with van der Waals surface area (Å²) in [6.07, 6.45) is 0.375. The quantitative estimate of drug-likeness (QED) is 0.524. The Kier molecular flexibility index (Phi) is 8.20. The molecule has 188 valence electrons. The number of benzene rings is 2. The molecule has 0 saturated heterocycles. The van der Waals surface area contributed by atoms with E-state index in [1.807, 2.05) is 36.4 Å². The van der Waals surface area contributed by atoms with E-state index in [4.69, 9.17) is 4.74 Å². The molecule has 1 aliphatic rings. The Labute approximate surface area is 207 Å². The van der Waals surface area contributed by atoms with E-state index in [1.54, 1.807) is 6.92 Å². The van der Waals surface area contributed by atoms with Gasteiger partial charge in [-0.1, -0.05) is 69.3 Å². The first-order valence-corrected chi connectivity index (χ1v) is 12.2. The molecule has 0 bridgehead atoms. The minimum Gasteiger partial charge on any atom is -0.480 e. The van der Waals surface area contributed by atoms with Gasteiger partial charge in [-0.05, 0) is 54.4 Å². The monoisotopic (exact) mass is 480 g/mol. The standard InChI is InChI=1S/C28H36N2O5/c1-6-30(18(2)26(32)33)25(31)24(15-16-28(3,4)5)29-27(34)35-17-23-21-13-9-7-11-19(21)20-12-8-10-14-22(20)23/h7-14,18,23-24H,6,15-17H2,1-5H3,(H,29,34)(H,32,33). The molecule has 2 unspecified atom stereocenters. The predicted octanol–water partition coefficient (Wildman–Crippen LogP) is 5.04. The van der Waals surface area contributed by atoms with Gasteiger partial charge in [0.2, 0.25) is 5.91 Å². The van der Waals surface area contributed by atoms with Crippen LogP contribution in [0.4, 0.5) is 4.79 Å². The van der Waals surface area contributed by atoms with Crippen molar-refractivity contribution in [3.05, 3.63) is 59.7 Å². The number of carbonyl (C=O) groups is 3. The lowest BCUT2D eigenvalue weighted by molar-refractivity contribution is -0.150. The van der Waals surface area contributed by atoms with Gasteiger partial charge in [-0.2, -0.15) is 0 Å². The minimum atomic E-state index is -1.09. The molecule has 0 aliphatic heterocycles. The first-order chi connectivity index (χ1) is 16.5. The maximum absolute atomic E-state index is 13.3. The zero-order valence-corrected chi connectivity index (χ0v) is 21.2. The van der Waals surface area contributed by atoms with Gasteiger partial charge in [0.05, 0.1) is 0 Å². The van der Waals surface area contributed by atoms with Gasteiger partial charge in [-0.3, -0.25) is 4.79 Å². The molecule has 35 heavy (non-hydrogen) atoms. The molecular formula is C28H36N2O5. The van der Waals surface area contributed by atoms with Crippen molar-refractivity contribution in [2.75, 3.05) is 13.2 Å². The molecule has 0 saturated carbocycles. The lowest BCUT2D eigenvalue weighted by Gasteiger charge is -2.31. The molecular weight excluding hydrogens is 444 g/mol. The average molecular weight is 481 g/mol. The molecule has 0 heterocycles. The normalized spacial score (nSPS) is 14.4. The number of likely N-dealkylation sites (N-methyl/N-ethyl adjacent to an activating group) is 1. The molecule has 2 aromatic rings. The highest BCUT2D eigenvalue weighted by molar-refractivity contribution is 5.89. The first-order valence-electron chi connectivity index (χ1n) is 12.2. The summed E-state index contributed by atoms with van der Waals surface area (Å²) in [6, 6.07) is 14.3. The van der Waals surface area contributed by atoms with E-state index >= 15 is 0 Å². The number of aliphatic carboxylic acids is 1.